The van der Waals surface area contributed by atoms with E-state index in [4.69, 9.17) is 11.6 Å². The van der Waals surface area contributed by atoms with E-state index in [-0.39, 0.29) is 17.2 Å². The highest BCUT2D eigenvalue weighted by molar-refractivity contribution is 7.89. The Labute approximate surface area is 197 Å². The second kappa shape index (κ2) is 9.70. The maximum atomic E-state index is 12.8. The highest BCUT2D eigenvalue weighted by Gasteiger charge is 2.27. The zero-order valence-corrected chi connectivity index (χ0v) is 20.0. The summed E-state index contributed by atoms with van der Waals surface area (Å²) in [6, 6.07) is 13.8. The van der Waals surface area contributed by atoms with Gasteiger partial charge in [0.2, 0.25) is 15.9 Å². The summed E-state index contributed by atoms with van der Waals surface area (Å²) in [4.78, 5) is 17.2. The van der Waals surface area contributed by atoms with Gasteiger partial charge in [0.25, 0.3) is 0 Å². The van der Waals surface area contributed by atoms with E-state index in [1.54, 1.807) is 34.6 Å². The van der Waals surface area contributed by atoms with E-state index in [1.165, 1.54) is 11.3 Å². The second-order valence-corrected chi connectivity index (χ2v) is 11.2. The van der Waals surface area contributed by atoms with Gasteiger partial charge in [-0.15, -0.1) is 11.3 Å². The number of nitrogens with zero attached hydrogens (tertiary/aromatic N) is 2. The average molecular weight is 490 g/mol. The molecule has 2 aromatic carbocycles. The number of anilines is 1. The summed E-state index contributed by atoms with van der Waals surface area (Å²) in [6.45, 7) is 3.24. The Morgan fingerprint density at radius 1 is 1.16 bits per heavy atom. The minimum absolute atomic E-state index is 0.118. The number of nitrogens with one attached hydrogen (secondary N) is 1. The molecule has 1 aliphatic rings. The van der Waals surface area contributed by atoms with Crippen LogP contribution in [-0.2, 0) is 21.2 Å². The van der Waals surface area contributed by atoms with E-state index in [2.05, 4.69) is 17.2 Å². The molecule has 0 unspecified atom stereocenters. The number of hydrogen-bond donors (Lipinski definition) is 1. The molecule has 2 heterocycles. The Bertz CT molecular complexity index is 1200. The predicted molar refractivity (Wildman–Crippen MR) is 128 cm³/mol. The van der Waals surface area contributed by atoms with Crippen molar-refractivity contribution in [2.24, 2.45) is 5.92 Å². The monoisotopic (exact) mass is 489 g/mol. The number of halogens is 1. The first-order valence-electron chi connectivity index (χ1n) is 10.4. The van der Waals surface area contributed by atoms with Crippen molar-refractivity contribution in [1.82, 2.24) is 9.29 Å². The molecule has 6 nitrogen and oxygen atoms in total. The smallest absolute Gasteiger partial charge is 0.243 e. The molecule has 1 saturated heterocycles. The van der Waals surface area contributed by atoms with Crippen LogP contribution in [0.3, 0.4) is 0 Å². The fourth-order valence-electron chi connectivity index (χ4n) is 3.60. The van der Waals surface area contributed by atoms with Gasteiger partial charge in [-0.1, -0.05) is 36.7 Å². The predicted octanol–water partition coefficient (Wildman–Crippen LogP) is 5.07. The third kappa shape index (κ3) is 5.20. The Morgan fingerprint density at radius 2 is 1.84 bits per heavy atom. The van der Waals surface area contributed by atoms with E-state index < -0.39 is 10.0 Å². The molecule has 1 amide bonds. The zero-order valence-electron chi connectivity index (χ0n) is 17.6. The van der Waals surface area contributed by atoms with Crippen molar-refractivity contribution >= 4 is 44.6 Å². The first kappa shape index (κ1) is 22.9. The Morgan fingerprint density at radius 3 is 2.53 bits per heavy atom. The van der Waals surface area contributed by atoms with E-state index >= 15 is 0 Å². The van der Waals surface area contributed by atoms with Gasteiger partial charge < -0.3 is 5.32 Å². The molecule has 1 N–H and O–H groups in total. The van der Waals surface area contributed by atoms with E-state index in [0.29, 0.717) is 35.4 Å². The number of piperidine rings is 1. The van der Waals surface area contributed by atoms with Crippen LogP contribution < -0.4 is 5.32 Å². The van der Waals surface area contributed by atoms with Gasteiger partial charge in [-0.2, -0.15) is 4.31 Å². The van der Waals surface area contributed by atoms with Gasteiger partial charge in [0.1, 0.15) is 5.01 Å². The number of benzene rings is 2. The maximum Gasteiger partial charge on any atom is 0.243 e. The number of sulfonamides is 1. The van der Waals surface area contributed by atoms with Crippen LogP contribution in [0.1, 0.15) is 25.5 Å². The van der Waals surface area contributed by atoms with Crippen LogP contribution in [0.25, 0.3) is 10.6 Å². The average Bonchev–Trinajstić information content (AvgIpc) is 3.22. The van der Waals surface area contributed by atoms with Gasteiger partial charge in [-0.25, -0.2) is 13.4 Å². The van der Waals surface area contributed by atoms with Crippen LogP contribution in [0.4, 0.5) is 5.69 Å². The number of carbonyl (C=O) groups excluding carboxylic acids is 1. The largest absolute Gasteiger partial charge is 0.326 e. The molecule has 0 aliphatic carbocycles. The fourth-order valence-corrected chi connectivity index (χ4v) is 6.21. The fraction of sp³-hybridized carbons (Fsp3) is 0.304. The quantitative estimate of drug-likeness (QED) is 0.524. The van der Waals surface area contributed by atoms with Crippen molar-refractivity contribution in [2.75, 3.05) is 18.4 Å². The number of rotatable bonds is 6. The van der Waals surface area contributed by atoms with Gasteiger partial charge in [0.15, 0.2) is 0 Å². The molecule has 32 heavy (non-hydrogen) atoms. The topological polar surface area (TPSA) is 79.4 Å². The standard InChI is InChI=1S/C23H24ClN3O3S2/c1-16-10-12-27(13-11-16)32(29,30)19-8-6-17(7-9-19)25-22(28)14-18-15-31-23(26-18)20-4-2-3-5-21(20)24/h2-9,15-16H,10-14H2,1H3,(H,25,28). The number of amides is 1. The van der Waals surface area contributed by atoms with Crippen molar-refractivity contribution in [2.45, 2.75) is 31.1 Å². The highest BCUT2D eigenvalue weighted by atomic mass is 35.5. The van der Waals surface area contributed by atoms with E-state index in [0.717, 1.165) is 23.4 Å². The molecule has 3 aromatic rings. The third-order valence-corrected chi connectivity index (χ3v) is 8.68. The van der Waals surface area contributed by atoms with Crippen LogP contribution in [-0.4, -0.2) is 36.7 Å². The van der Waals surface area contributed by atoms with Gasteiger partial charge in [0, 0.05) is 29.7 Å². The van der Waals surface area contributed by atoms with Crippen molar-refractivity contribution in [1.29, 1.82) is 0 Å². The molecular weight excluding hydrogens is 466 g/mol. The molecule has 1 aliphatic heterocycles. The third-order valence-electron chi connectivity index (χ3n) is 5.52. The van der Waals surface area contributed by atoms with Crippen molar-refractivity contribution in [3.63, 3.8) is 0 Å². The lowest BCUT2D eigenvalue weighted by Crippen LogP contribution is -2.37. The van der Waals surface area contributed by atoms with E-state index in [9.17, 15) is 13.2 Å². The summed E-state index contributed by atoms with van der Waals surface area (Å²) in [5.74, 6) is 0.333. The second-order valence-electron chi connectivity index (χ2n) is 7.96. The molecule has 1 fully saturated rings. The van der Waals surface area contributed by atoms with Gasteiger partial charge in [-0.3, -0.25) is 4.79 Å². The lowest BCUT2D eigenvalue weighted by atomic mass is 10.0. The zero-order chi connectivity index (χ0) is 22.7. The molecule has 0 bridgehead atoms. The SMILES string of the molecule is CC1CCN(S(=O)(=O)c2ccc(NC(=O)Cc3csc(-c4ccccc4Cl)n3)cc2)CC1. The lowest BCUT2D eigenvalue weighted by molar-refractivity contribution is -0.115. The molecule has 4 rings (SSSR count). The lowest BCUT2D eigenvalue weighted by Gasteiger charge is -2.29. The number of carbonyl (C=O) groups is 1. The molecule has 0 spiro atoms. The highest BCUT2D eigenvalue weighted by Crippen LogP contribution is 2.30. The molecule has 0 saturated carbocycles. The van der Waals surface area contributed by atoms with Crippen LogP contribution in [0.5, 0.6) is 0 Å². The minimum atomic E-state index is -3.51. The van der Waals surface area contributed by atoms with Crippen LogP contribution >= 0.6 is 22.9 Å². The Kier molecular flexibility index (Phi) is 6.95. The maximum absolute atomic E-state index is 12.8. The minimum Gasteiger partial charge on any atom is -0.326 e. The molecule has 1 aromatic heterocycles. The number of thiazole rings is 1. The number of aromatic nitrogens is 1. The van der Waals surface area contributed by atoms with E-state index in [1.807, 2.05) is 23.6 Å². The summed E-state index contributed by atoms with van der Waals surface area (Å²) in [5, 5.41) is 6.03. The van der Waals surface area contributed by atoms with Crippen LogP contribution in [0.15, 0.2) is 58.8 Å². The first-order chi connectivity index (χ1) is 15.3. The Hall–Kier alpha value is -2.26. The molecule has 168 valence electrons. The van der Waals surface area contributed by atoms with Crippen molar-refractivity contribution in [3.05, 3.63) is 64.6 Å². The summed E-state index contributed by atoms with van der Waals surface area (Å²) in [7, 11) is -3.51. The van der Waals surface area contributed by atoms with Crippen molar-refractivity contribution in [3.8, 4) is 10.6 Å². The molecule has 9 heteroatoms. The van der Waals surface area contributed by atoms with Crippen LogP contribution in [0.2, 0.25) is 5.02 Å². The normalized spacial score (nSPS) is 15.6. The van der Waals surface area contributed by atoms with Gasteiger partial charge >= 0.3 is 0 Å². The first-order valence-corrected chi connectivity index (χ1v) is 13.1. The van der Waals surface area contributed by atoms with Crippen molar-refractivity contribution < 1.29 is 13.2 Å². The molecule has 0 radical (unpaired) electrons. The number of hydrogen-bond acceptors (Lipinski definition) is 5. The molecule has 0 atom stereocenters. The van der Waals surface area contributed by atoms with Gasteiger partial charge in [0.05, 0.1) is 22.0 Å². The summed E-state index contributed by atoms with van der Waals surface area (Å²) >= 11 is 7.66. The van der Waals surface area contributed by atoms with Crippen LogP contribution in [0, 0.1) is 5.92 Å². The summed E-state index contributed by atoms with van der Waals surface area (Å²) in [6.07, 6.45) is 1.87. The molecular formula is C23H24ClN3O3S2. The Balaban J connectivity index is 1.38. The summed E-state index contributed by atoms with van der Waals surface area (Å²) in [5.41, 5.74) is 2.04. The summed E-state index contributed by atoms with van der Waals surface area (Å²) < 4.78 is 27.2. The van der Waals surface area contributed by atoms with Gasteiger partial charge in [-0.05, 0) is 49.1 Å².